The van der Waals surface area contributed by atoms with Crippen molar-refractivity contribution in [3.05, 3.63) is 35.9 Å². The van der Waals surface area contributed by atoms with Gasteiger partial charge in [-0.05, 0) is 66.7 Å². The number of rotatable bonds is 5. The molecule has 0 bridgehead atoms. The van der Waals surface area contributed by atoms with E-state index < -0.39 is 6.09 Å². The second-order valence-corrected chi connectivity index (χ2v) is 11.3. The molecule has 3 aliphatic rings. The molecule has 1 aliphatic carbocycles. The Bertz CT molecular complexity index is 971. The van der Waals surface area contributed by atoms with Gasteiger partial charge < -0.3 is 15.0 Å². The van der Waals surface area contributed by atoms with Crippen LogP contribution in [-0.2, 0) is 14.3 Å². The standard InChI is InChI=1S/C28H39N3O4/c1-19(32)29-17-25-18-31(27(34)35-25)24-11-7-20(8-12-24)21-13-15-30(16-14-21)26(33)22-5-9-23(10-6-22)28(2,3)4/h7-8,11-13,22-23,25H,5-6,9-10,14-18H2,1-4H3,(H,29,32)/t22?,23?,25-/m0/s1. The zero-order valence-electron chi connectivity index (χ0n) is 21.5. The van der Waals surface area contributed by atoms with E-state index in [2.05, 4.69) is 32.2 Å². The van der Waals surface area contributed by atoms with Crippen molar-refractivity contribution in [3.63, 3.8) is 0 Å². The highest BCUT2D eigenvalue weighted by molar-refractivity contribution is 5.90. The third kappa shape index (κ3) is 6.06. The lowest BCUT2D eigenvalue weighted by molar-refractivity contribution is -0.136. The Kier molecular flexibility index (Phi) is 7.53. The molecule has 1 saturated carbocycles. The van der Waals surface area contributed by atoms with E-state index in [0.717, 1.165) is 49.9 Å². The van der Waals surface area contributed by atoms with Gasteiger partial charge in [0, 0.05) is 31.6 Å². The van der Waals surface area contributed by atoms with E-state index in [4.69, 9.17) is 4.74 Å². The average Bonchev–Trinajstić information content (AvgIpc) is 3.22. The first-order valence-corrected chi connectivity index (χ1v) is 12.9. The molecule has 1 N–H and O–H groups in total. The van der Waals surface area contributed by atoms with Crippen molar-refractivity contribution in [1.82, 2.24) is 10.2 Å². The minimum Gasteiger partial charge on any atom is -0.442 e. The summed E-state index contributed by atoms with van der Waals surface area (Å²) in [5.74, 6) is 1.08. The normalized spacial score (nSPS) is 25.2. The van der Waals surface area contributed by atoms with Crippen molar-refractivity contribution in [3.8, 4) is 0 Å². The lowest BCUT2D eigenvalue weighted by Crippen LogP contribution is -2.40. The van der Waals surface area contributed by atoms with Crippen molar-refractivity contribution in [1.29, 1.82) is 0 Å². The van der Waals surface area contributed by atoms with Crippen LogP contribution in [0.3, 0.4) is 0 Å². The molecule has 2 heterocycles. The maximum absolute atomic E-state index is 13.1. The topological polar surface area (TPSA) is 79.0 Å². The van der Waals surface area contributed by atoms with Gasteiger partial charge in [0.1, 0.15) is 6.10 Å². The number of cyclic esters (lactones) is 1. The van der Waals surface area contributed by atoms with E-state index in [1.807, 2.05) is 29.2 Å². The zero-order valence-corrected chi connectivity index (χ0v) is 21.5. The fourth-order valence-electron chi connectivity index (χ4n) is 5.55. The van der Waals surface area contributed by atoms with Gasteiger partial charge in [0.15, 0.2) is 0 Å². The van der Waals surface area contributed by atoms with Gasteiger partial charge in [-0.25, -0.2) is 4.79 Å². The fraction of sp³-hybridized carbons (Fsp3) is 0.607. The number of carbonyl (C=O) groups is 3. The van der Waals surface area contributed by atoms with Crippen LogP contribution < -0.4 is 10.2 Å². The monoisotopic (exact) mass is 481 g/mol. The molecule has 1 atom stereocenters. The molecule has 1 aromatic carbocycles. The largest absolute Gasteiger partial charge is 0.442 e. The van der Waals surface area contributed by atoms with Crippen molar-refractivity contribution in [2.45, 2.75) is 65.9 Å². The van der Waals surface area contributed by atoms with Crippen LogP contribution in [0.1, 0.15) is 65.4 Å². The minimum atomic E-state index is -0.393. The van der Waals surface area contributed by atoms with Crippen LogP contribution in [0.15, 0.2) is 30.3 Å². The smallest absolute Gasteiger partial charge is 0.414 e. The highest BCUT2D eigenvalue weighted by Gasteiger charge is 2.35. The number of amides is 3. The Morgan fingerprint density at radius 3 is 2.34 bits per heavy atom. The van der Waals surface area contributed by atoms with Crippen LogP contribution in [0, 0.1) is 17.3 Å². The number of anilines is 1. The van der Waals surface area contributed by atoms with E-state index in [-0.39, 0.29) is 17.9 Å². The molecule has 2 aliphatic heterocycles. The molecule has 7 nitrogen and oxygen atoms in total. The van der Waals surface area contributed by atoms with Crippen LogP contribution in [-0.4, -0.2) is 55.1 Å². The van der Waals surface area contributed by atoms with Gasteiger partial charge in [0.2, 0.25) is 11.8 Å². The Labute approximate surface area is 208 Å². The van der Waals surface area contributed by atoms with Crippen LogP contribution in [0.5, 0.6) is 0 Å². The summed E-state index contributed by atoms with van der Waals surface area (Å²) in [5.41, 5.74) is 3.47. The van der Waals surface area contributed by atoms with E-state index in [1.165, 1.54) is 12.5 Å². The first-order valence-electron chi connectivity index (χ1n) is 12.9. The van der Waals surface area contributed by atoms with E-state index in [0.29, 0.717) is 36.9 Å². The minimum absolute atomic E-state index is 0.141. The lowest BCUT2D eigenvalue weighted by Gasteiger charge is -2.38. The number of carbonyl (C=O) groups excluding carboxylic acids is 3. The first-order chi connectivity index (χ1) is 16.6. The average molecular weight is 482 g/mol. The number of nitrogens with zero attached hydrogens (tertiary/aromatic N) is 2. The van der Waals surface area contributed by atoms with Crippen molar-refractivity contribution >= 4 is 29.2 Å². The van der Waals surface area contributed by atoms with Gasteiger partial charge in [-0.2, -0.15) is 0 Å². The van der Waals surface area contributed by atoms with Crippen LogP contribution in [0.2, 0.25) is 0 Å². The molecule has 35 heavy (non-hydrogen) atoms. The van der Waals surface area contributed by atoms with Gasteiger partial charge in [0.05, 0.1) is 13.1 Å². The van der Waals surface area contributed by atoms with E-state index in [9.17, 15) is 14.4 Å². The predicted molar refractivity (Wildman–Crippen MR) is 137 cm³/mol. The second-order valence-electron chi connectivity index (χ2n) is 11.3. The maximum atomic E-state index is 13.1. The molecular weight excluding hydrogens is 442 g/mol. The van der Waals surface area contributed by atoms with Crippen LogP contribution >= 0.6 is 0 Å². The van der Waals surface area contributed by atoms with Crippen molar-refractivity contribution in [2.24, 2.45) is 17.3 Å². The molecule has 3 amide bonds. The van der Waals surface area contributed by atoms with Crippen molar-refractivity contribution in [2.75, 3.05) is 31.1 Å². The summed E-state index contributed by atoms with van der Waals surface area (Å²) in [6.45, 7) is 10.5. The Hall–Kier alpha value is -2.83. The summed E-state index contributed by atoms with van der Waals surface area (Å²) < 4.78 is 5.36. The number of ether oxygens (including phenoxy) is 1. The Balaban J connectivity index is 1.30. The Morgan fingerprint density at radius 2 is 1.77 bits per heavy atom. The van der Waals surface area contributed by atoms with Crippen LogP contribution in [0.25, 0.3) is 5.57 Å². The lowest BCUT2D eigenvalue weighted by atomic mass is 9.69. The SMILES string of the molecule is CC(=O)NC[C@H]1CN(c2ccc(C3=CCN(C(=O)C4CCC(C(C)(C)C)CC4)CC3)cc2)C(=O)O1. The predicted octanol–water partition coefficient (Wildman–Crippen LogP) is 4.62. The van der Waals surface area contributed by atoms with E-state index in [1.54, 1.807) is 4.90 Å². The quantitative estimate of drug-likeness (QED) is 0.666. The number of nitrogens with one attached hydrogen (secondary N) is 1. The first kappa shape index (κ1) is 25.3. The maximum Gasteiger partial charge on any atom is 0.414 e. The van der Waals surface area contributed by atoms with Crippen molar-refractivity contribution < 1.29 is 19.1 Å². The molecule has 1 saturated heterocycles. The molecule has 190 valence electrons. The summed E-state index contributed by atoms with van der Waals surface area (Å²) in [6.07, 6.45) is 6.60. The molecular formula is C28H39N3O4. The van der Waals surface area contributed by atoms with Gasteiger partial charge in [0.25, 0.3) is 0 Å². The molecule has 2 fully saturated rings. The number of benzene rings is 1. The number of hydrogen-bond donors (Lipinski definition) is 1. The molecule has 0 radical (unpaired) electrons. The Morgan fingerprint density at radius 1 is 1.09 bits per heavy atom. The fourth-order valence-corrected chi connectivity index (χ4v) is 5.55. The summed E-state index contributed by atoms with van der Waals surface area (Å²) >= 11 is 0. The van der Waals surface area contributed by atoms with E-state index >= 15 is 0 Å². The van der Waals surface area contributed by atoms with Gasteiger partial charge in [-0.1, -0.05) is 39.0 Å². The molecule has 7 heteroatoms. The third-order valence-electron chi connectivity index (χ3n) is 7.82. The molecule has 0 spiro atoms. The summed E-state index contributed by atoms with van der Waals surface area (Å²) in [6, 6.07) is 7.93. The highest BCUT2D eigenvalue weighted by Crippen LogP contribution is 2.40. The summed E-state index contributed by atoms with van der Waals surface area (Å²) in [7, 11) is 0. The van der Waals surface area contributed by atoms with Gasteiger partial charge >= 0.3 is 6.09 Å². The molecule has 0 unspecified atom stereocenters. The second kappa shape index (κ2) is 10.4. The summed E-state index contributed by atoms with van der Waals surface area (Å²) in [4.78, 5) is 40.1. The molecule has 4 rings (SSSR count). The highest BCUT2D eigenvalue weighted by atomic mass is 16.6. The van der Waals surface area contributed by atoms with Gasteiger partial charge in [-0.15, -0.1) is 0 Å². The van der Waals surface area contributed by atoms with Crippen LogP contribution in [0.4, 0.5) is 10.5 Å². The zero-order chi connectivity index (χ0) is 25.2. The number of hydrogen-bond acceptors (Lipinski definition) is 4. The molecule has 1 aromatic rings. The third-order valence-corrected chi connectivity index (χ3v) is 7.82. The summed E-state index contributed by atoms with van der Waals surface area (Å²) in [5, 5.41) is 2.69. The molecule has 0 aromatic heterocycles. The van der Waals surface area contributed by atoms with Gasteiger partial charge in [-0.3, -0.25) is 14.5 Å².